The molecule has 3 unspecified atom stereocenters. The van der Waals surface area contributed by atoms with Crippen LogP contribution < -0.4 is 0 Å². The van der Waals surface area contributed by atoms with E-state index in [1.807, 2.05) is 19.1 Å². The summed E-state index contributed by atoms with van der Waals surface area (Å²) in [6, 6.07) is 3.77. The van der Waals surface area contributed by atoms with E-state index >= 15 is 0 Å². The van der Waals surface area contributed by atoms with Crippen LogP contribution in [0.5, 0.6) is 0 Å². The van der Waals surface area contributed by atoms with Crippen molar-refractivity contribution in [1.29, 1.82) is 0 Å². The molecule has 1 aromatic rings. The molecule has 2 aliphatic rings. The molecular formula is C15H20O2. The maximum atomic E-state index is 12.1. The summed E-state index contributed by atoms with van der Waals surface area (Å²) in [7, 11) is 0. The van der Waals surface area contributed by atoms with Crippen LogP contribution >= 0.6 is 0 Å². The Morgan fingerprint density at radius 3 is 2.82 bits per heavy atom. The fourth-order valence-corrected chi connectivity index (χ4v) is 3.68. The molecular weight excluding hydrogens is 212 g/mol. The maximum Gasteiger partial charge on any atom is 0.198 e. The second-order valence-electron chi connectivity index (χ2n) is 5.68. The molecule has 2 heteroatoms. The lowest BCUT2D eigenvalue weighted by Gasteiger charge is -2.20. The van der Waals surface area contributed by atoms with Crippen LogP contribution in [0.4, 0.5) is 0 Å². The highest BCUT2D eigenvalue weighted by Crippen LogP contribution is 2.49. The number of rotatable bonds is 4. The van der Waals surface area contributed by atoms with Crippen LogP contribution in [-0.2, 0) is 6.42 Å². The van der Waals surface area contributed by atoms with Crippen LogP contribution in [0.2, 0.25) is 0 Å². The predicted octanol–water partition coefficient (Wildman–Crippen LogP) is 3.85. The van der Waals surface area contributed by atoms with Crippen molar-refractivity contribution in [2.24, 2.45) is 17.8 Å². The first kappa shape index (κ1) is 11.1. The number of fused-ring (bicyclic) bond motifs is 2. The average Bonchev–Trinajstić information content (AvgIpc) is 3.04. The Kier molecular flexibility index (Phi) is 2.81. The summed E-state index contributed by atoms with van der Waals surface area (Å²) in [6.45, 7) is 2.04. The van der Waals surface area contributed by atoms with Crippen LogP contribution in [0, 0.1) is 17.8 Å². The zero-order valence-electron chi connectivity index (χ0n) is 10.4. The van der Waals surface area contributed by atoms with E-state index in [1.54, 1.807) is 0 Å². The summed E-state index contributed by atoms with van der Waals surface area (Å²) in [5.41, 5.74) is 0. The van der Waals surface area contributed by atoms with Gasteiger partial charge in [-0.3, -0.25) is 4.79 Å². The third kappa shape index (κ3) is 2.05. The maximum absolute atomic E-state index is 12.1. The molecule has 0 aliphatic heterocycles. The van der Waals surface area contributed by atoms with Crippen molar-refractivity contribution in [2.75, 3.05) is 0 Å². The number of carbonyl (C=O) groups excluding carboxylic acids is 1. The number of carbonyl (C=O) groups is 1. The molecule has 2 bridgehead atoms. The molecule has 0 N–H and O–H groups in total. The molecule has 0 aromatic carbocycles. The SMILES string of the molecule is CCc1ccc(C(=O)CC2CC3CCC2C3)o1. The first-order valence-electron chi connectivity index (χ1n) is 6.88. The number of Topliss-reactive ketones (excluding diaryl/α,β-unsaturated/α-hetero) is 1. The van der Waals surface area contributed by atoms with Gasteiger partial charge in [-0.25, -0.2) is 0 Å². The molecule has 3 atom stereocenters. The lowest BCUT2D eigenvalue weighted by atomic mass is 9.85. The van der Waals surface area contributed by atoms with Crippen molar-refractivity contribution in [3.05, 3.63) is 23.7 Å². The van der Waals surface area contributed by atoms with Gasteiger partial charge in [-0.1, -0.05) is 13.3 Å². The summed E-state index contributed by atoms with van der Waals surface area (Å²) in [6.07, 6.45) is 6.96. The molecule has 0 spiro atoms. The molecule has 2 nitrogen and oxygen atoms in total. The van der Waals surface area contributed by atoms with Crippen molar-refractivity contribution < 1.29 is 9.21 Å². The Hall–Kier alpha value is -1.05. The average molecular weight is 232 g/mol. The van der Waals surface area contributed by atoms with Gasteiger partial charge in [0.15, 0.2) is 11.5 Å². The third-order valence-corrected chi connectivity index (χ3v) is 4.62. The van der Waals surface area contributed by atoms with E-state index in [2.05, 4.69) is 0 Å². The van der Waals surface area contributed by atoms with Gasteiger partial charge in [0.25, 0.3) is 0 Å². The molecule has 2 aliphatic carbocycles. The topological polar surface area (TPSA) is 30.2 Å². The van der Waals surface area contributed by atoms with Gasteiger partial charge >= 0.3 is 0 Å². The standard InChI is InChI=1S/C15H20O2/c1-2-13-5-6-15(17-13)14(16)9-12-8-10-3-4-11(12)7-10/h5-6,10-12H,2-4,7-9H2,1H3. The second kappa shape index (κ2) is 4.32. The minimum absolute atomic E-state index is 0.210. The summed E-state index contributed by atoms with van der Waals surface area (Å²) in [5, 5.41) is 0. The molecule has 0 radical (unpaired) electrons. The smallest absolute Gasteiger partial charge is 0.198 e. The van der Waals surface area contributed by atoms with Crippen LogP contribution in [0.1, 0.15) is 55.3 Å². The number of hydrogen-bond donors (Lipinski definition) is 0. The molecule has 2 saturated carbocycles. The predicted molar refractivity (Wildman–Crippen MR) is 66.0 cm³/mol. The van der Waals surface area contributed by atoms with Gasteiger partial charge in [0.2, 0.25) is 0 Å². The normalized spacial score (nSPS) is 31.0. The van der Waals surface area contributed by atoms with Gasteiger partial charge in [-0.05, 0) is 49.1 Å². The van der Waals surface area contributed by atoms with Gasteiger partial charge in [0.1, 0.15) is 5.76 Å². The van der Waals surface area contributed by atoms with Gasteiger partial charge in [-0.2, -0.15) is 0 Å². The fourth-order valence-electron chi connectivity index (χ4n) is 3.68. The van der Waals surface area contributed by atoms with Crippen molar-refractivity contribution in [1.82, 2.24) is 0 Å². The third-order valence-electron chi connectivity index (χ3n) is 4.62. The Bertz CT molecular complexity index is 418. The van der Waals surface area contributed by atoms with Crippen LogP contribution in [-0.4, -0.2) is 5.78 Å². The van der Waals surface area contributed by atoms with E-state index in [1.165, 1.54) is 25.7 Å². The minimum atomic E-state index is 0.210. The Morgan fingerprint density at radius 2 is 2.24 bits per heavy atom. The lowest BCUT2D eigenvalue weighted by molar-refractivity contribution is 0.0915. The Balaban J connectivity index is 1.63. The van der Waals surface area contributed by atoms with E-state index in [0.717, 1.165) is 24.0 Å². The molecule has 1 heterocycles. The zero-order chi connectivity index (χ0) is 11.8. The largest absolute Gasteiger partial charge is 0.458 e. The minimum Gasteiger partial charge on any atom is -0.458 e. The summed E-state index contributed by atoms with van der Waals surface area (Å²) >= 11 is 0. The fraction of sp³-hybridized carbons (Fsp3) is 0.667. The van der Waals surface area contributed by atoms with Crippen LogP contribution in [0.25, 0.3) is 0 Å². The summed E-state index contributed by atoms with van der Waals surface area (Å²) in [4.78, 5) is 12.1. The molecule has 3 rings (SSSR count). The highest BCUT2D eigenvalue weighted by molar-refractivity contribution is 5.93. The van der Waals surface area contributed by atoms with E-state index in [9.17, 15) is 4.79 Å². The van der Waals surface area contributed by atoms with Gasteiger partial charge in [-0.15, -0.1) is 0 Å². The second-order valence-corrected chi connectivity index (χ2v) is 5.68. The molecule has 2 fully saturated rings. The highest BCUT2D eigenvalue weighted by Gasteiger charge is 2.40. The first-order valence-corrected chi connectivity index (χ1v) is 6.88. The van der Waals surface area contributed by atoms with Crippen LogP contribution in [0.3, 0.4) is 0 Å². The quantitative estimate of drug-likeness (QED) is 0.738. The molecule has 17 heavy (non-hydrogen) atoms. The number of furan rings is 1. The number of hydrogen-bond acceptors (Lipinski definition) is 2. The summed E-state index contributed by atoms with van der Waals surface area (Å²) < 4.78 is 5.54. The lowest BCUT2D eigenvalue weighted by Crippen LogP contribution is -2.15. The van der Waals surface area contributed by atoms with Gasteiger partial charge in [0, 0.05) is 12.8 Å². The first-order chi connectivity index (χ1) is 8.26. The molecule has 0 saturated heterocycles. The number of ketones is 1. The van der Waals surface area contributed by atoms with E-state index in [0.29, 0.717) is 18.1 Å². The van der Waals surface area contributed by atoms with E-state index in [-0.39, 0.29) is 5.78 Å². The van der Waals surface area contributed by atoms with Gasteiger partial charge in [0.05, 0.1) is 0 Å². The van der Waals surface area contributed by atoms with E-state index in [4.69, 9.17) is 4.42 Å². The highest BCUT2D eigenvalue weighted by atomic mass is 16.3. The van der Waals surface area contributed by atoms with Crippen LogP contribution in [0.15, 0.2) is 16.5 Å². The molecule has 1 aromatic heterocycles. The van der Waals surface area contributed by atoms with Gasteiger partial charge < -0.3 is 4.42 Å². The van der Waals surface area contributed by atoms with Crippen molar-refractivity contribution in [3.63, 3.8) is 0 Å². The zero-order valence-corrected chi connectivity index (χ0v) is 10.4. The summed E-state index contributed by atoms with van der Waals surface area (Å²) in [5.74, 6) is 4.08. The molecule has 0 amide bonds. The van der Waals surface area contributed by atoms with Crippen molar-refractivity contribution in [3.8, 4) is 0 Å². The Morgan fingerprint density at radius 1 is 1.35 bits per heavy atom. The monoisotopic (exact) mass is 232 g/mol. The van der Waals surface area contributed by atoms with Crippen molar-refractivity contribution in [2.45, 2.75) is 45.4 Å². The van der Waals surface area contributed by atoms with Crippen molar-refractivity contribution >= 4 is 5.78 Å². The molecule has 92 valence electrons. The van der Waals surface area contributed by atoms with E-state index < -0.39 is 0 Å². The number of aryl methyl sites for hydroxylation is 1. The Labute approximate surface area is 102 Å².